The van der Waals surface area contributed by atoms with Gasteiger partial charge in [0, 0.05) is 11.6 Å². The van der Waals surface area contributed by atoms with Crippen LogP contribution in [0.2, 0.25) is 5.02 Å². The molecule has 0 aromatic heterocycles. The fraction of sp³-hybridized carbons (Fsp3) is 0.652. The SMILES string of the molecule is O=C(O)C[C@@H](Cc1ccc(Cl)cc1)C(=O)NCCC12CC3CC(CC(C3)C1)C2. The zero-order chi connectivity index (χ0) is 19.7. The Balaban J connectivity index is 1.32. The molecule has 0 unspecified atom stereocenters. The van der Waals surface area contributed by atoms with Crippen LogP contribution in [0.25, 0.3) is 0 Å². The number of carboxylic acid groups (broad SMARTS) is 1. The zero-order valence-corrected chi connectivity index (χ0v) is 17.1. The monoisotopic (exact) mass is 403 g/mol. The van der Waals surface area contributed by atoms with Crippen molar-refractivity contribution in [3.8, 4) is 0 Å². The molecule has 4 nitrogen and oxygen atoms in total. The van der Waals surface area contributed by atoms with Crippen molar-refractivity contribution in [3.05, 3.63) is 34.9 Å². The number of rotatable bonds is 8. The van der Waals surface area contributed by atoms with Crippen molar-refractivity contribution in [2.45, 2.75) is 57.8 Å². The minimum absolute atomic E-state index is 0.137. The summed E-state index contributed by atoms with van der Waals surface area (Å²) in [6, 6.07) is 7.28. The highest BCUT2D eigenvalue weighted by Crippen LogP contribution is 2.61. The predicted octanol–water partition coefficient (Wildman–Crippen LogP) is 4.70. The van der Waals surface area contributed by atoms with Gasteiger partial charge in [-0.2, -0.15) is 0 Å². The average molecular weight is 404 g/mol. The molecule has 0 radical (unpaired) electrons. The second kappa shape index (κ2) is 8.06. The standard InChI is InChI=1S/C23H30ClNO3/c24-20-3-1-15(2-4-20)10-19(11-21(26)27)22(28)25-6-5-23-12-16-7-17(13-23)9-18(8-16)14-23/h1-4,16-19H,5-14H2,(H,25,28)(H,26,27)/t16?,17?,18?,19-,23?/m1/s1. The van der Waals surface area contributed by atoms with E-state index in [0.717, 1.165) is 29.7 Å². The number of hydrogen-bond acceptors (Lipinski definition) is 2. The Morgan fingerprint density at radius 2 is 1.64 bits per heavy atom. The Hall–Kier alpha value is -1.55. The van der Waals surface area contributed by atoms with E-state index in [2.05, 4.69) is 5.32 Å². The fourth-order valence-electron chi connectivity index (χ4n) is 6.56. The zero-order valence-electron chi connectivity index (χ0n) is 16.3. The van der Waals surface area contributed by atoms with E-state index in [1.165, 1.54) is 38.5 Å². The molecule has 1 aromatic carbocycles. The number of aliphatic carboxylic acids is 1. The van der Waals surface area contributed by atoms with E-state index in [0.29, 0.717) is 23.4 Å². The predicted molar refractivity (Wildman–Crippen MR) is 109 cm³/mol. The van der Waals surface area contributed by atoms with Crippen molar-refractivity contribution < 1.29 is 14.7 Å². The van der Waals surface area contributed by atoms with Gasteiger partial charge in [-0.3, -0.25) is 9.59 Å². The van der Waals surface area contributed by atoms with Crippen LogP contribution in [0.5, 0.6) is 0 Å². The topological polar surface area (TPSA) is 66.4 Å². The summed E-state index contributed by atoms with van der Waals surface area (Å²) < 4.78 is 0. The van der Waals surface area contributed by atoms with Crippen LogP contribution in [0, 0.1) is 29.1 Å². The van der Waals surface area contributed by atoms with Gasteiger partial charge >= 0.3 is 5.97 Å². The van der Waals surface area contributed by atoms with Crippen LogP contribution in [0.4, 0.5) is 0 Å². The highest BCUT2D eigenvalue weighted by molar-refractivity contribution is 6.30. The number of halogens is 1. The summed E-state index contributed by atoms with van der Waals surface area (Å²) in [5.74, 6) is 1.11. The minimum atomic E-state index is -0.935. The molecule has 0 spiro atoms. The lowest BCUT2D eigenvalue weighted by molar-refractivity contribution is -0.141. The van der Waals surface area contributed by atoms with E-state index in [1.54, 1.807) is 12.1 Å². The highest BCUT2D eigenvalue weighted by atomic mass is 35.5. The van der Waals surface area contributed by atoms with Crippen molar-refractivity contribution in [1.82, 2.24) is 5.32 Å². The number of carbonyl (C=O) groups is 2. The first-order valence-corrected chi connectivity index (χ1v) is 11.0. The summed E-state index contributed by atoms with van der Waals surface area (Å²) in [6.45, 7) is 0.668. The molecule has 1 aromatic rings. The van der Waals surface area contributed by atoms with E-state index >= 15 is 0 Å². The molecule has 0 saturated heterocycles. The van der Waals surface area contributed by atoms with Gasteiger partial charge in [0.05, 0.1) is 12.3 Å². The van der Waals surface area contributed by atoms with Gasteiger partial charge in [0.25, 0.3) is 0 Å². The smallest absolute Gasteiger partial charge is 0.304 e. The molecule has 152 valence electrons. The van der Waals surface area contributed by atoms with Gasteiger partial charge in [-0.05, 0) is 92.2 Å². The second-order valence-corrected chi connectivity index (χ2v) is 10.0. The lowest BCUT2D eigenvalue weighted by atomic mass is 9.49. The summed E-state index contributed by atoms with van der Waals surface area (Å²) in [4.78, 5) is 24.0. The molecule has 2 N–H and O–H groups in total. The average Bonchev–Trinajstić information content (AvgIpc) is 2.61. The van der Waals surface area contributed by atoms with Gasteiger partial charge in [-0.1, -0.05) is 23.7 Å². The molecular formula is C23H30ClNO3. The van der Waals surface area contributed by atoms with Crippen molar-refractivity contribution in [2.75, 3.05) is 6.54 Å². The molecule has 0 heterocycles. The van der Waals surface area contributed by atoms with Crippen molar-refractivity contribution in [1.29, 1.82) is 0 Å². The summed E-state index contributed by atoms with van der Waals surface area (Å²) in [7, 11) is 0. The Bertz CT molecular complexity index is 695. The second-order valence-electron chi connectivity index (χ2n) is 9.58. The highest BCUT2D eigenvalue weighted by Gasteiger charge is 2.50. The van der Waals surface area contributed by atoms with Gasteiger partial charge in [-0.25, -0.2) is 0 Å². The molecule has 4 aliphatic rings. The molecule has 28 heavy (non-hydrogen) atoms. The minimum Gasteiger partial charge on any atom is -0.481 e. The first kappa shape index (κ1) is 19.8. The van der Waals surface area contributed by atoms with E-state index in [-0.39, 0.29) is 12.3 Å². The van der Waals surface area contributed by atoms with Gasteiger partial charge in [-0.15, -0.1) is 0 Å². The van der Waals surface area contributed by atoms with Gasteiger partial charge in [0.2, 0.25) is 5.91 Å². The van der Waals surface area contributed by atoms with E-state index in [4.69, 9.17) is 11.6 Å². The summed E-state index contributed by atoms with van der Waals surface area (Å²) in [5.41, 5.74) is 1.37. The molecule has 5 rings (SSSR count). The van der Waals surface area contributed by atoms with Crippen LogP contribution in [0.1, 0.15) is 56.9 Å². The maximum atomic E-state index is 12.7. The number of benzene rings is 1. The summed E-state index contributed by atoms with van der Waals surface area (Å²) in [5, 5.41) is 12.9. The van der Waals surface area contributed by atoms with Crippen LogP contribution < -0.4 is 5.32 Å². The van der Waals surface area contributed by atoms with Crippen LogP contribution in [-0.2, 0) is 16.0 Å². The Kier molecular flexibility index (Phi) is 5.69. The lowest BCUT2D eigenvalue weighted by Crippen LogP contribution is -2.47. The quantitative estimate of drug-likeness (QED) is 0.661. The third-order valence-corrected chi connectivity index (χ3v) is 7.56. The molecule has 4 saturated carbocycles. The number of amides is 1. The van der Waals surface area contributed by atoms with Crippen molar-refractivity contribution >= 4 is 23.5 Å². The van der Waals surface area contributed by atoms with Crippen molar-refractivity contribution in [3.63, 3.8) is 0 Å². The summed E-state index contributed by atoms with van der Waals surface area (Å²) in [6.07, 6.45) is 9.59. The Morgan fingerprint density at radius 3 is 2.18 bits per heavy atom. The first-order valence-electron chi connectivity index (χ1n) is 10.6. The van der Waals surface area contributed by atoms with Crippen LogP contribution in [-0.4, -0.2) is 23.5 Å². The third-order valence-electron chi connectivity index (χ3n) is 7.31. The molecule has 4 aliphatic carbocycles. The Labute approximate surface area is 172 Å². The molecule has 4 fully saturated rings. The number of carboxylic acids is 1. The van der Waals surface area contributed by atoms with Crippen LogP contribution in [0.15, 0.2) is 24.3 Å². The van der Waals surface area contributed by atoms with Gasteiger partial charge in [0.15, 0.2) is 0 Å². The number of nitrogens with one attached hydrogen (secondary N) is 1. The molecular weight excluding hydrogens is 374 g/mol. The maximum Gasteiger partial charge on any atom is 0.304 e. The van der Waals surface area contributed by atoms with E-state index in [1.807, 2.05) is 12.1 Å². The lowest BCUT2D eigenvalue weighted by Gasteiger charge is -2.57. The Morgan fingerprint density at radius 1 is 1.07 bits per heavy atom. The fourth-order valence-corrected chi connectivity index (χ4v) is 6.69. The number of hydrogen-bond donors (Lipinski definition) is 2. The van der Waals surface area contributed by atoms with Gasteiger partial charge < -0.3 is 10.4 Å². The molecule has 1 atom stereocenters. The summed E-state index contributed by atoms with van der Waals surface area (Å²) >= 11 is 5.92. The first-order chi connectivity index (χ1) is 13.4. The molecule has 0 aliphatic heterocycles. The number of carbonyl (C=O) groups excluding carboxylic acids is 1. The van der Waals surface area contributed by atoms with Gasteiger partial charge in [0.1, 0.15) is 0 Å². The van der Waals surface area contributed by atoms with E-state index < -0.39 is 11.9 Å². The van der Waals surface area contributed by atoms with E-state index in [9.17, 15) is 14.7 Å². The van der Waals surface area contributed by atoms with Crippen molar-refractivity contribution in [2.24, 2.45) is 29.1 Å². The molecule has 4 bridgehead atoms. The van der Waals surface area contributed by atoms with Crippen LogP contribution in [0.3, 0.4) is 0 Å². The maximum absolute atomic E-state index is 12.7. The normalized spacial score (nSPS) is 31.5. The third kappa shape index (κ3) is 4.53. The van der Waals surface area contributed by atoms with Crippen LogP contribution >= 0.6 is 11.6 Å². The largest absolute Gasteiger partial charge is 0.481 e. The molecule has 5 heteroatoms. The molecule has 1 amide bonds.